The summed E-state index contributed by atoms with van der Waals surface area (Å²) in [5.41, 5.74) is 0. The summed E-state index contributed by atoms with van der Waals surface area (Å²) in [5, 5.41) is 0.685. The van der Waals surface area contributed by atoms with E-state index in [2.05, 4.69) is 13.0 Å². The Morgan fingerprint density at radius 3 is 3.00 bits per heavy atom. The van der Waals surface area contributed by atoms with Crippen molar-refractivity contribution in [1.82, 2.24) is 0 Å². The molecule has 0 aromatic carbocycles. The number of hydrogen-bond acceptors (Lipinski definition) is 2. The van der Waals surface area contributed by atoms with Gasteiger partial charge in [0, 0.05) is 23.5 Å². The molecule has 3 heteroatoms. The lowest BCUT2D eigenvalue weighted by Crippen LogP contribution is -2.13. The first-order valence-corrected chi connectivity index (χ1v) is 5.87. The van der Waals surface area contributed by atoms with Gasteiger partial charge in [-0.3, -0.25) is 0 Å². The van der Waals surface area contributed by atoms with E-state index < -0.39 is 0 Å². The van der Waals surface area contributed by atoms with Crippen molar-refractivity contribution < 1.29 is 4.74 Å². The van der Waals surface area contributed by atoms with Crippen molar-refractivity contribution >= 4 is 23.4 Å². The molecule has 0 saturated carbocycles. The molecule has 0 bridgehead atoms. The number of rotatable bonds is 4. The third-order valence-electron chi connectivity index (χ3n) is 1.97. The van der Waals surface area contributed by atoms with E-state index >= 15 is 0 Å². The molecule has 2 atom stereocenters. The maximum absolute atomic E-state index is 5.50. The predicted octanol–water partition coefficient (Wildman–Crippen LogP) is 2.69. The minimum Gasteiger partial charge on any atom is -0.377 e. The largest absolute Gasteiger partial charge is 0.377 e. The molecule has 1 aliphatic rings. The van der Waals surface area contributed by atoms with Crippen molar-refractivity contribution in [3.63, 3.8) is 0 Å². The molecule has 1 rings (SSSR count). The first kappa shape index (κ1) is 10.4. The monoisotopic (exact) mass is 206 g/mol. The molecule has 0 aromatic heterocycles. The zero-order chi connectivity index (χ0) is 8.81. The van der Waals surface area contributed by atoms with Crippen molar-refractivity contribution in [2.75, 3.05) is 18.2 Å². The summed E-state index contributed by atoms with van der Waals surface area (Å²) in [5.74, 6) is 1.68. The fourth-order valence-electron chi connectivity index (χ4n) is 1.24. The Balaban J connectivity index is 2.10. The van der Waals surface area contributed by atoms with Gasteiger partial charge in [-0.15, -0.1) is 11.6 Å². The van der Waals surface area contributed by atoms with Crippen molar-refractivity contribution in [2.24, 2.45) is 0 Å². The normalized spacial score (nSPS) is 30.2. The average molecular weight is 207 g/mol. The van der Waals surface area contributed by atoms with Gasteiger partial charge >= 0.3 is 0 Å². The van der Waals surface area contributed by atoms with Gasteiger partial charge in [-0.1, -0.05) is 12.2 Å². The molecule has 0 radical (unpaired) electrons. The molecule has 2 unspecified atom stereocenters. The van der Waals surface area contributed by atoms with Gasteiger partial charge in [-0.2, -0.15) is 11.8 Å². The van der Waals surface area contributed by atoms with Gasteiger partial charge in [0.15, 0.2) is 0 Å². The smallest absolute Gasteiger partial charge is 0.0666 e. The van der Waals surface area contributed by atoms with Gasteiger partial charge in [0.1, 0.15) is 0 Å². The van der Waals surface area contributed by atoms with Crippen LogP contribution in [0.15, 0.2) is 12.2 Å². The highest BCUT2D eigenvalue weighted by Crippen LogP contribution is 2.25. The van der Waals surface area contributed by atoms with Gasteiger partial charge in [0.2, 0.25) is 0 Å². The van der Waals surface area contributed by atoms with Crippen LogP contribution in [-0.4, -0.2) is 29.6 Å². The summed E-state index contributed by atoms with van der Waals surface area (Å²) in [6.07, 6.45) is 5.75. The molecule has 0 aliphatic carbocycles. The highest BCUT2D eigenvalue weighted by molar-refractivity contribution is 8.00. The summed E-state index contributed by atoms with van der Waals surface area (Å²) in [7, 11) is 0. The molecule has 0 N–H and O–H groups in total. The summed E-state index contributed by atoms with van der Waals surface area (Å²) in [6, 6.07) is 0. The average Bonchev–Trinajstić information content (AvgIpc) is 2.46. The van der Waals surface area contributed by atoms with Crippen LogP contribution in [0.2, 0.25) is 0 Å². The van der Waals surface area contributed by atoms with E-state index in [9.17, 15) is 0 Å². The molecular weight excluding hydrogens is 192 g/mol. The Kier molecular flexibility index (Phi) is 5.12. The van der Waals surface area contributed by atoms with Gasteiger partial charge < -0.3 is 4.74 Å². The molecule has 1 heterocycles. The van der Waals surface area contributed by atoms with Crippen LogP contribution in [0.4, 0.5) is 0 Å². The van der Waals surface area contributed by atoms with E-state index in [1.165, 1.54) is 6.42 Å². The van der Waals surface area contributed by atoms with Crippen LogP contribution in [0, 0.1) is 0 Å². The Morgan fingerprint density at radius 1 is 1.58 bits per heavy atom. The minimum atomic E-state index is 0.430. The second-order valence-electron chi connectivity index (χ2n) is 2.86. The highest BCUT2D eigenvalue weighted by atomic mass is 35.5. The molecule has 1 nitrogen and oxygen atoms in total. The van der Waals surface area contributed by atoms with Crippen LogP contribution in [0.25, 0.3) is 0 Å². The number of thioether (sulfide) groups is 1. The van der Waals surface area contributed by atoms with Crippen LogP contribution >= 0.6 is 23.4 Å². The number of ether oxygens (including phenoxy) is 1. The Morgan fingerprint density at radius 2 is 2.42 bits per heavy atom. The molecule has 1 aliphatic heterocycles. The second kappa shape index (κ2) is 5.90. The van der Waals surface area contributed by atoms with E-state index in [1.54, 1.807) is 0 Å². The van der Waals surface area contributed by atoms with Crippen LogP contribution in [-0.2, 0) is 4.74 Å². The first-order chi connectivity index (χ1) is 5.84. The van der Waals surface area contributed by atoms with E-state index in [0.29, 0.717) is 17.2 Å². The minimum absolute atomic E-state index is 0.430. The van der Waals surface area contributed by atoms with Crippen molar-refractivity contribution in [3.05, 3.63) is 12.2 Å². The molecule has 12 heavy (non-hydrogen) atoms. The van der Waals surface area contributed by atoms with Crippen LogP contribution in [0.1, 0.15) is 13.3 Å². The number of hydrogen-bond donors (Lipinski definition) is 0. The maximum Gasteiger partial charge on any atom is 0.0666 e. The SMILES string of the molecule is CC1OCCC1SC/C=C/CCl. The molecule has 0 spiro atoms. The zero-order valence-corrected chi connectivity index (χ0v) is 8.90. The van der Waals surface area contributed by atoms with Crippen molar-refractivity contribution in [2.45, 2.75) is 24.7 Å². The van der Waals surface area contributed by atoms with E-state index in [-0.39, 0.29) is 0 Å². The summed E-state index contributed by atoms with van der Waals surface area (Å²) < 4.78 is 5.45. The Labute approximate surface area is 83.5 Å². The van der Waals surface area contributed by atoms with Gasteiger partial charge in [0.05, 0.1) is 6.10 Å². The van der Waals surface area contributed by atoms with Crippen LogP contribution < -0.4 is 0 Å². The first-order valence-electron chi connectivity index (χ1n) is 4.28. The Bertz CT molecular complexity index is 149. The maximum atomic E-state index is 5.50. The van der Waals surface area contributed by atoms with Gasteiger partial charge in [-0.25, -0.2) is 0 Å². The molecule has 0 aromatic rings. The Hall–Kier alpha value is 0.340. The van der Waals surface area contributed by atoms with Crippen molar-refractivity contribution in [3.8, 4) is 0 Å². The lowest BCUT2D eigenvalue weighted by molar-refractivity contribution is 0.127. The summed E-state index contributed by atoms with van der Waals surface area (Å²) in [6.45, 7) is 3.08. The third kappa shape index (κ3) is 3.38. The highest BCUT2D eigenvalue weighted by Gasteiger charge is 2.23. The molecule has 0 amide bonds. The fourth-order valence-corrected chi connectivity index (χ4v) is 2.47. The fraction of sp³-hybridized carbons (Fsp3) is 0.778. The lowest BCUT2D eigenvalue weighted by atomic mass is 10.3. The standard InChI is InChI=1S/C9H15ClOS/c1-8-9(4-6-11-8)12-7-3-2-5-10/h2-3,8-9H,4-7H2,1H3/b3-2+. The predicted molar refractivity (Wildman–Crippen MR) is 56.1 cm³/mol. The summed E-state index contributed by atoms with van der Waals surface area (Å²) >= 11 is 7.47. The number of allylic oxidation sites excluding steroid dienone is 1. The second-order valence-corrected chi connectivity index (χ2v) is 4.44. The van der Waals surface area contributed by atoms with Crippen LogP contribution in [0.5, 0.6) is 0 Å². The molecule has 70 valence electrons. The molecular formula is C9H15ClOS. The number of halogens is 1. The van der Waals surface area contributed by atoms with Crippen molar-refractivity contribution in [1.29, 1.82) is 0 Å². The number of alkyl halides is 1. The van der Waals surface area contributed by atoms with E-state index in [4.69, 9.17) is 16.3 Å². The van der Waals surface area contributed by atoms with Gasteiger partial charge in [0.25, 0.3) is 0 Å². The summed E-state index contributed by atoms with van der Waals surface area (Å²) in [4.78, 5) is 0. The lowest BCUT2D eigenvalue weighted by Gasteiger charge is -2.11. The van der Waals surface area contributed by atoms with E-state index in [0.717, 1.165) is 12.4 Å². The quantitative estimate of drug-likeness (QED) is 0.517. The van der Waals surface area contributed by atoms with Crippen LogP contribution in [0.3, 0.4) is 0 Å². The van der Waals surface area contributed by atoms with E-state index in [1.807, 2.05) is 17.8 Å². The van der Waals surface area contributed by atoms with Gasteiger partial charge in [-0.05, 0) is 13.3 Å². The molecule has 1 fully saturated rings. The molecule has 1 saturated heterocycles. The third-order valence-corrected chi connectivity index (χ3v) is 3.58. The zero-order valence-electron chi connectivity index (χ0n) is 7.33. The topological polar surface area (TPSA) is 9.23 Å².